The third kappa shape index (κ3) is 4.53. The number of nitrogens with one attached hydrogen (secondary N) is 2. The van der Waals surface area contributed by atoms with Crippen molar-refractivity contribution in [3.63, 3.8) is 0 Å². The molecule has 0 amide bonds. The van der Waals surface area contributed by atoms with Gasteiger partial charge in [0, 0.05) is 35.9 Å². The average Bonchev–Trinajstić information content (AvgIpc) is 3.14. The second-order valence-corrected chi connectivity index (χ2v) is 7.90. The van der Waals surface area contributed by atoms with Crippen LogP contribution in [0.4, 0.5) is 0 Å². The Bertz CT molecular complexity index is 523. The topological polar surface area (TPSA) is 61.4 Å². The van der Waals surface area contributed by atoms with E-state index in [1.807, 2.05) is 14.0 Å². The van der Waals surface area contributed by atoms with E-state index >= 15 is 0 Å². The zero-order chi connectivity index (χ0) is 14.6. The first-order chi connectivity index (χ1) is 9.53. The molecule has 1 aromatic rings. The molecule has 0 aromatic carbocycles. The number of rotatable bonds is 9. The van der Waals surface area contributed by atoms with Gasteiger partial charge < -0.3 is 10.2 Å². The molecule has 0 atom stereocenters. The van der Waals surface area contributed by atoms with E-state index in [4.69, 9.17) is 0 Å². The lowest BCUT2D eigenvalue weighted by Gasteiger charge is -2.15. The van der Waals surface area contributed by atoms with Crippen LogP contribution in [0.15, 0.2) is 16.3 Å². The lowest BCUT2D eigenvalue weighted by Crippen LogP contribution is -2.33. The molecule has 1 aliphatic carbocycles. The molecule has 2 N–H and O–H groups in total. The Morgan fingerprint density at radius 1 is 1.45 bits per heavy atom. The van der Waals surface area contributed by atoms with E-state index in [0.29, 0.717) is 17.5 Å². The van der Waals surface area contributed by atoms with Crippen LogP contribution >= 0.6 is 11.3 Å². The van der Waals surface area contributed by atoms with E-state index in [2.05, 4.69) is 14.9 Å². The molecular weight excluding hydrogens is 294 g/mol. The van der Waals surface area contributed by atoms with Gasteiger partial charge in [-0.1, -0.05) is 6.92 Å². The minimum atomic E-state index is -3.36. The Morgan fingerprint density at radius 3 is 2.85 bits per heavy atom. The van der Waals surface area contributed by atoms with Crippen LogP contribution in [0.3, 0.4) is 0 Å². The molecular formula is C13H23N3O2S2. The molecule has 7 heteroatoms. The van der Waals surface area contributed by atoms with Crippen molar-refractivity contribution in [2.24, 2.45) is 0 Å². The molecule has 5 nitrogen and oxygen atoms in total. The van der Waals surface area contributed by atoms with Gasteiger partial charge in [-0.25, -0.2) is 13.1 Å². The Morgan fingerprint density at radius 2 is 2.20 bits per heavy atom. The second-order valence-electron chi connectivity index (χ2n) is 5.14. The highest BCUT2D eigenvalue weighted by atomic mass is 32.2. The SMILES string of the molecule is CCNCc1cc(S(=O)(=O)NCCN(C)C2CC2)cs1. The van der Waals surface area contributed by atoms with Crippen molar-refractivity contribution in [3.8, 4) is 0 Å². The molecule has 0 saturated heterocycles. The maximum atomic E-state index is 12.1. The Kier molecular flexibility index (Phi) is 5.57. The van der Waals surface area contributed by atoms with Gasteiger partial charge in [0.25, 0.3) is 0 Å². The predicted octanol–water partition coefficient (Wildman–Crippen LogP) is 1.23. The van der Waals surface area contributed by atoms with Gasteiger partial charge in [-0.3, -0.25) is 0 Å². The molecule has 1 saturated carbocycles. The minimum Gasteiger partial charge on any atom is -0.312 e. The highest BCUT2D eigenvalue weighted by Crippen LogP contribution is 2.24. The Hall–Kier alpha value is -0.470. The van der Waals surface area contributed by atoms with Gasteiger partial charge in [0.05, 0.1) is 4.90 Å². The maximum absolute atomic E-state index is 12.1. The number of sulfonamides is 1. The summed E-state index contributed by atoms with van der Waals surface area (Å²) >= 11 is 1.48. The molecule has 114 valence electrons. The van der Waals surface area contributed by atoms with E-state index in [0.717, 1.165) is 24.5 Å². The fourth-order valence-corrected chi connectivity index (χ4v) is 4.25. The van der Waals surface area contributed by atoms with Crippen LogP contribution in [-0.4, -0.2) is 46.0 Å². The van der Waals surface area contributed by atoms with Crippen molar-refractivity contribution < 1.29 is 8.42 Å². The largest absolute Gasteiger partial charge is 0.312 e. The van der Waals surface area contributed by atoms with Gasteiger partial charge in [0.1, 0.15) is 0 Å². The van der Waals surface area contributed by atoms with Crippen molar-refractivity contribution in [1.82, 2.24) is 14.9 Å². The predicted molar refractivity (Wildman–Crippen MR) is 82.5 cm³/mol. The monoisotopic (exact) mass is 317 g/mol. The van der Waals surface area contributed by atoms with E-state index in [-0.39, 0.29) is 0 Å². The fraction of sp³-hybridized carbons (Fsp3) is 0.692. The van der Waals surface area contributed by atoms with E-state index in [9.17, 15) is 8.42 Å². The Labute approximate surface area is 125 Å². The highest BCUT2D eigenvalue weighted by molar-refractivity contribution is 7.89. The normalized spacial score (nSPS) is 15.9. The summed E-state index contributed by atoms with van der Waals surface area (Å²) in [7, 11) is -1.31. The number of likely N-dealkylation sites (N-methyl/N-ethyl adjacent to an activating group) is 1. The fourth-order valence-electron chi connectivity index (χ4n) is 1.98. The first kappa shape index (κ1) is 15.9. The summed E-state index contributed by atoms with van der Waals surface area (Å²) in [5, 5.41) is 4.90. The summed E-state index contributed by atoms with van der Waals surface area (Å²) in [6, 6.07) is 2.41. The van der Waals surface area contributed by atoms with Crippen molar-refractivity contribution in [1.29, 1.82) is 0 Å². The number of nitrogens with zero attached hydrogens (tertiary/aromatic N) is 1. The van der Waals surface area contributed by atoms with Crippen molar-refractivity contribution in [3.05, 3.63) is 16.3 Å². The Balaban J connectivity index is 1.83. The first-order valence-corrected chi connectivity index (χ1v) is 9.37. The molecule has 0 aliphatic heterocycles. The number of hydrogen-bond donors (Lipinski definition) is 2. The molecule has 1 aliphatic rings. The van der Waals surface area contributed by atoms with Crippen molar-refractivity contribution in [2.45, 2.75) is 37.2 Å². The van der Waals surface area contributed by atoms with Crippen LogP contribution in [0.2, 0.25) is 0 Å². The summed E-state index contributed by atoms with van der Waals surface area (Å²) < 4.78 is 27.0. The van der Waals surface area contributed by atoms with Gasteiger partial charge in [-0.15, -0.1) is 11.3 Å². The van der Waals surface area contributed by atoms with Crippen LogP contribution in [0.25, 0.3) is 0 Å². The van der Waals surface area contributed by atoms with Crippen LogP contribution in [0.5, 0.6) is 0 Å². The van der Waals surface area contributed by atoms with Crippen LogP contribution in [-0.2, 0) is 16.6 Å². The first-order valence-electron chi connectivity index (χ1n) is 7.01. The van der Waals surface area contributed by atoms with Gasteiger partial charge in [0.15, 0.2) is 0 Å². The molecule has 20 heavy (non-hydrogen) atoms. The molecule has 0 unspecified atom stereocenters. The van der Waals surface area contributed by atoms with E-state index in [1.54, 1.807) is 11.4 Å². The summed E-state index contributed by atoms with van der Waals surface area (Å²) in [6.07, 6.45) is 2.48. The molecule has 1 fully saturated rings. The zero-order valence-electron chi connectivity index (χ0n) is 12.1. The van der Waals surface area contributed by atoms with Crippen LogP contribution in [0, 0.1) is 0 Å². The third-order valence-corrected chi connectivity index (χ3v) is 5.94. The summed E-state index contributed by atoms with van der Waals surface area (Å²) in [4.78, 5) is 3.64. The summed E-state index contributed by atoms with van der Waals surface area (Å²) in [5.74, 6) is 0. The van der Waals surface area contributed by atoms with E-state index < -0.39 is 10.0 Å². The van der Waals surface area contributed by atoms with Gasteiger partial charge in [-0.2, -0.15) is 0 Å². The standard InChI is InChI=1S/C13H23N3O2S2/c1-3-14-9-12-8-13(10-19-12)20(17,18)15-6-7-16(2)11-4-5-11/h8,10-11,14-15H,3-7,9H2,1-2H3. The molecule has 0 spiro atoms. The van der Waals surface area contributed by atoms with Crippen molar-refractivity contribution in [2.75, 3.05) is 26.7 Å². The minimum absolute atomic E-state index is 0.379. The van der Waals surface area contributed by atoms with Crippen LogP contribution in [0.1, 0.15) is 24.6 Å². The smallest absolute Gasteiger partial charge is 0.241 e. The molecule has 1 heterocycles. The summed E-state index contributed by atoms with van der Waals surface area (Å²) in [5.41, 5.74) is 0. The van der Waals surface area contributed by atoms with Gasteiger partial charge in [-0.05, 0) is 32.5 Å². The summed E-state index contributed by atoms with van der Waals surface area (Å²) in [6.45, 7) is 4.86. The lowest BCUT2D eigenvalue weighted by molar-refractivity contribution is 0.329. The van der Waals surface area contributed by atoms with Gasteiger partial charge in [0.2, 0.25) is 10.0 Å². The number of hydrogen-bond acceptors (Lipinski definition) is 5. The van der Waals surface area contributed by atoms with Crippen LogP contribution < -0.4 is 10.0 Å². The van der Waals surface area contributed by atoms with Gasteiger partial charge >= 0.3 is 0 Å². The average molecular weight is 317 g/mol. The second kappa shape index (κ2) is 7.00. The molecule has 1 aromatic heterocycles. The maximum Gasteiger partial charge on any atom is 0.241 e. The number of thiophene rings is 1. The molecule has 0 radical (unpaired) electrons. The van der Waals surface area contributed by atoms with E-state index in [1.165, 1.54) is 24.2 Å². The molecule has 2 rings (SSSR count). The van der Waals surface area contributed by atoms with Crippen molar-refractivity contribution >= 4 is 21.4 Å². The quantitative estimate of drug-likeness (QED) is 0.719. The highest BCUT2D eigenvalue weighted by Gasteiger charge is 2.26. The molecule has 0 bridgehead atoms. The zero-order valence-corrected chi connectivity index (χ0v) is 13.7. The lowest BCUT2D eigenvalue weighted by atomic mass is 10.4. The third-order valence-electron chi connectivity index (χ3n) is 3.42.